The van der Waals surface area contributed by atoms with E-state index in [4.69, 9.17) is 5.73 Å². The maximum Gasteiger partial charge on any atom is 0.229 e. The summed E-state index contributed by atoms with van der Waals surface area (Å²) < 4.78 is 0. The average molecular weight is 246 g/mol. The van der Waals surface area contributed by atoms with E-state index in [9.17, 15) is 4.79 Å². The number of carbonyl (C=O) groups is 1. The van der Waals surface area contributed by atoms with Crippen molar-refractivity contribution < 1.29 is 4.79 Å². The molecule has 0 heterocycles. The third-order valence-corrected chi connectivity index (χ3v) is 3.98. The Morgan fingerprint density at radius 3 is 2.56 bits per heavy atom. The van der Waals surface area contributed by atoms with Crippen LogP contribution in [0.4, 0.5) is 0 Å². The molecule has 2 atom stereocenters. The van der Waals surface area contributed by atoms with Gasteiger partial charge in [0.2, 0.25) is 5.91 Å². The zero-order valence-electron chi connectivity index (χ0n) is 10.9. The SMILES string of the molecule is CC(NC(=O)C(CN)c1ccccc1)C1CCC1. The van der Waals surface area contributed by atoms with Crippen LogP contribution in [0.25, 0.3) is 0 Å². The Balaban J connectivity index is 1.97. The smallest absolute Gasteiger partial charge is 0.229 e. The number of benzene rings is 1. The lowest BCUT2D eigenvalue weighted by molar-refractivity contribution is -0.123. The number of hydrogen-bond acceptors (Lipinski definition) is 2. The minimum Gasteiger partial charge on any atom is -0.353 e. The van der Waals surface area contributed by atoms with Crippen LogP contribution in [0.3, 0.4) is 0 Å². The Kier molecular flexibility index (Phi) is 4.37. The summed E-state index contributed by atoms with van der Waals surface area (Å²) in [7, 11) is 0. The van der Waals surface area contributed by atoms with E-state index in [-0.39, 0.29) is 17.9 Å². The number of hydrogen-bond donors (Lipinski definition) is 2. The molecule has 0 spiro atoms. The molecule has 0 radical (unpaired) electrons. The molecule has 0 bridgehead atoms. The van der Waals surface area contributed by atoms with Crippen molar-refractivity contribution in [2.24, 2.45) is 11.7 Å². The number of carbonyl (C=O) groups excluding carboxylic acids is 1. The van der Waals surface area contributed by atoms with Crippen LogP contribution in [0.5, 0.6) is 0 Å². The summed E-state index contributed by atoms with van der Waals surface area (Å²) in [5.41, 5.74) is 6.74. The van der Waals surface area contributed by atoms with Crippen LogP contribution in [-0.2, 0) is 4.79 Å². The molecule has 1 saturated carbocycles. The summed E-state index contributed by atoms with van der Waals surface area (Å²) in [5, 5.41) is 3.11. The van der Waals surface area contributed by atoms with Crippen LogP contribution in [-0.4, -0.2) is 18.5 Å². The van der Waals surface area contributed by atoms with E-state index >= 15 is 0 Å². The van der Waals surface area contributed by atoms with Gasteiger partial charge < -0.3 is 11.1 Å². The molecular weight excluding hydrogens is 224 g/mol. The molecule has 0 saturated heterocycles. The van der Waals surface area contributed by atoms with Crippen LogP contribution in [0.1, 0.15) is 37.7 Å². The molecule has 1 amide bonds. The highest BCUT2D eigenvalue weighted by molar-refractivity contribution is 5.84. The van der Waals surface area contributed by atoms with Crippen molar-refractivity contribution in [3.8, 4) is 0 Å². The molecule has 3 nitrogen and oxygen atoms in total. The third kappa shape index (κ3) is 2.91. The fraction of sp³-hybridized carbons (Fsp3) is 0.533. The quantitative estimate of drug-likeness (QED) is 0.835. The molecule has 3 heteroatoms. The van der Waals surface area contributed by atoms with Gasteiger partial charge in [-0.3, -0.25) is 4.79 Å². The molecule has 1 aromatic rings. The number of rotatable bonds is 5. The van der Waals surface area contributed by atoms with Crippen molar-refractivity contribution >= 4 is 5.91 Å². The maximum atomic E-state index is 12.2. The molecule has 0 aliphatic heterocycles. The Hall–Kier alpha value is -1.35. The van der Waals surface area contributed by atoms with Crippen LogP contribution >= 0.6 is 0 Å². The normalized spacial score (nSPS) is 18.8. The summed E-state index contributed by atoms with van der Waals surface area (Å²) in [6.07, 6.45) is 3.77. The van der Waals surface area contributed by atoms with Gasteiger partial charge in [-0.05, 0) is 31.2 Å². The second-order valence-electron chi connectivity index (χ2n) is 5.19. The van der Waals surface area contributed by atoms with Crippen LogP contribution in [0.2, 0.25) is 0 Å². The highest BCUT2D eigenvalue weighted by atomic mass is 16.1. The largest absolute Gasteiger partial charge is 0.353 e. The minimum absolute atomic E-state index is 0.0584. The summed E-state index contributed by atoms with van der Waals surface area (Å²) in [6, 6.07) is 10.0. The van der Waals surface area contributed by atoms with E-state index in [1.54, 1.807) is 0 Å². The fourth-order valence-electron chi connectivity index (χ4n) is 2.46. The van der Waals surface area contributed by atoms with Gasteiger partial charge in [-0.25, -0.2) is 0 Å². The molecular formula is C15H22N2O. The second kappa shape index (κ2) is 6.01. The first-order valence-electron chi connectivity index (χ1n) is 6.77. The minimum atomic E-state index is -0.228. The van der Waals surface area contributed by atoms with Gasteiger partial charge in [-0.1, -0.05) is 36.8 Å². The highest BCUT2D eigenvalue weighted by Crippen LogP contribution is 2.29. The summed E-state index contributed by atoms with van der Waals surface area (Å²) in [5.74, 6) is 0.486. The van der Waals surface area contributed by atoms with E-state index < -0.39 is 0 Å². The van der Waals surface area contributed by atoms with E-state index in [1.165, 1.54) is 19.3 Å². The molecule has 1 aliphatic rings. The van der Waals surface area contributed by atoms with Crippen molar-refractivity contribution in [3.05, 3.63) is 35.9 Å². The van der Waals surface area contributed by atoms with E-state index in [0.717, 1.165) is 5.56 Å². The molecule has 1 aliphatic carbocycles. The van der Waals surface area contributed by atoms with Gasteiger partial charge in [0.1, 0.15) is 0 Å². The molecule has 98 valence electrons. The van der Waals surface area contributed by atoms with Crippen molar-refractivity contribution in [1.82, 2.24) is 5.32 Å². The first-order valence-corrected chi connectivity index (χ1v) is 6.77. The van der Waals surface area contributed by atoms with Crippen molar-refractivity contribution in [3.63, 3.8) is 0 Å². The highest BCUT2D eigenvalue weighted by Gasteiger charge is 2.27. The van der Waals surface area contributed by atoms with Crippen LogP contribution < -0.4 is 11.1 Å². The van der Waals surface area contributed by atoms with E-state index in [0.29, 0.717) is 12.5 Å². The Labute approximate surface area is 109 Å². The van der Waals surface area contributed by atoms with Gasteiger partial charge in [0.05, 0.1) is 5.92 Å². The monoisotopic (exact) mass is 246 g/mol. The van der Waals surface area contributed by atoms with Gasteiger partial charge in [-0.15, -0.1) is 0 Å². The fourth-order valence-corrected chi connectivity index (χ4v) is 2.46. The predicted octanol–water partition coefficient (Wildman–Crippen LogP) is 2.03. The van der Waals surface area contributed by atoms with Gasteiger partial charge >= 0.3 is 0 Å². The topological polar surface area (TPSA) is 55.1 Å². The Morgan fingerprint density at radius 1 is 1.39 bits per heavy atom. The summed E-state index contributed by atoms with van der Waals surface area (Å²) in [4.78, 5) is 12.2. The first kappa shape index (κ1) is 13.1. The molecule has 18 heavy (non-hydrogen) atoms. The van der Waals surface area contributed by atoms with Crippen molar-refractivity contribution in [2.45, 2.75) is 38.1 Å². The Bertz CT molecular complexity index is 387. The standard InChI is InChI=1S/C15H22N2O/c1-11(12-8-5-9-12)17-15(18)14(10-16)13-6-3-2-4-7-13/h2-4,6-7,11-12,14H,5,8-10,16H2,1H3,(H,17,18). The molecule has 0 aromatic heterocycles. The van der Waals surface area contributed by atoms with Gasteiger partial charge in [-0.2, -0.15) is 0 Å². The lowest BCUT2D eigenvalue weighted by Crippen LogP contribution is -2.44. The number of nitrogens with two attached hydrogens (primary N) is 1. The van der Waals surface area contributed by atoms with Crippen molar-refractivity contribution in [1.29, 1.82) is 0 Å². The lowest BCUT2D eigenvalue weighted by Gasteiger charge is -2.32. The molecule has 1 aromatic carbocycles. The van der Waals surface area contributed by atoms with Crippen LogP contribution in [0.15, 0.2) is 30.3 Å². The summed E-state index contributed by atoms with van der Waals surface area (Å²) in [6.45, 7) is 2.45. The third-order valence-electron chi connectivity index (χ3n) is 3.98. The molecule has 2 rings (SSSR count). The number of nitrogens with one attached hydrogen (secondary N) is 1. The number of amides is 1. The van der Waals surface area contributed by atoms with E-state index in [2.05, 4.69) is 12.2 Å². The Morgan fingerprint density at radius 2 is 2.06 bits per heavy atom. The zero-order valence-corrected chi connectivity index (χ0v) is 10.9. The van der Waals surface area contributed by atoms with Gasteiger partial charge in [0.25, 0.3) is 0 Å². The van der Waals surface area contributed by atoms with Crippen LogP contribution in [0, 0.1) is 5.92 Å². The zero-order chi connectivity index (χ0) is 13.0. The predicted molar refractivity (Wildman–Crippen MR) is 73.2 cm³/mol. The molecule has 2 unspecified atom stereocenters. The van der Waals surface area contributed by atoms with Gasteiger partial charge in [0.15, 0.2) is 0 Å². The lowest BCUT2D eigenvalue weighted by atomic mass is 9.80. The molecule has 3 N–H and O–H groups in total. The van der Waals surface area contributed by atoms with Crippen molar-refractivity contribution in [2.75, 3.05) is 6.54 Å². The van der Waals surface area contributed by atoms with Gasteiger partial charge in [0, 0.05) is 12.6 Å². The second-order valence-corrected chi connectivity index (χ2v) is 5.19. The summed E-state index contributed by atoms with van der Waals surface area (Å²) >= 11 is 0. The van der Waals surface area contributed by atoms with E-state index in [1.807, 2.05) is 30.3 Å². The average Bonchev–Trinajstić information content (AvgIpc) is 2.28. The molecule has 1 fully saturated rings. The maximum absolute atomic E-state index is 12.2. The first-order chi connectivity index (χ1) is 8.72.